The minimum absolute atomic E-state index is 0.0451. The molecular weight excluding hydrogens is 563 g/mol. The number of nitrogens with one attached hydrogen (secondary N) is 3. The normalized spacial score (nSPS) is 11.5. The molecule has 0 aliphatic rings. The first-order valence-corrected chi connectivity index (χ1v) is 13.7. The van der Waals surface area contributed by atoms with E-state index in [2.05, 4.69) is 16.0 Å². The Morgan fingerprint density at radius 1 is 0.810 bits per heavy atom. The van der Waals surface area contributed by atoms with Crippen molar-refractivity contribution >= 4 is 46.9 Å². The lowest BCUT2D eigenvalue weighted by Gasteiger charge is -2.13. The highest BCUT2D eigenvalue weighted by Gasteiger charge is 2.33. The number of amides is 3. The molecule has 10 heteroatoms. The molecule has 0 atom stereocenters. The van der Waals surface area contributed by atoms with E-state index in [9.17, 15) is 27.6 Å². The van der Waals surface area contributed by atoms with Gasteiger partial charge in [-0.2, -0.15) is 13.2 Å². The van der Waals surface area contributed by atoms with Crippen LogP contribution in [-0.2, 0) is 15.8 Å². The van der Waals surface area contributed by atoms with Gasteiger partial charge < -0.3 is 16.0 Å². The average molecular weight is 590 g/mol. The lowest BCUT2D eigenvalue weighted by molar-refractivity contribution is -0.137. The molecule has 42 heavy (non-hydrogen) atoms. The summed E-state index contributed by atoms with van der Waals surface area (Å²) in [6, 6.07) is 27.4. The van der Waals surface area contributed by atoms with Crippen molar-refractivity contribution in [3.8, 4) is 0 Å². The van der Waals surface area contributed by atoms with Gasteiger partial charge in [0.2, 0.25) is 5.91 Å². The summed E-state index contributed by atoms with van der Waals surface area (Å²) in [5.74, 6) is -1.68. The number of hydrogen-bond acceptors (Lipinski definition) is 4. The SMILES string of the molecule is Cc1cccc(/C=C(\NC(=O)c2ccccc2)C(=O)Nc2ccc(SCC(=O)Nc3ccccc3C(F)(F)F)cc2)c1. The standard InChI is InChI=1S/C32H26F3N3O3S/c1-21-8-7-9-22(18-21)19-28(38-30(40)23-10-3-2-4-11-23)31(41)36-24-14-16-25(17-15-24)42-20-29(39)37-27-13-6-5-12-26(27)32(33,34)35/h2-19H,20H2,1H3,(H,36,41)(H,37,39)(H,38,40)/b28-19-. The molecule has 0 radical (unpaired) electrons. The highest BCUT2D eigenvalue weighted by Crippen LogP contribution is 2.34. The van der Waals surface area contributed by atoms with Gasteiger partial charge in [-0.25, -0.2) is 0 Å². The molecule has 3 amide bonds. The van der Waals surface area contributed by atoms with Crippen molar-refractivity contribution in [3.05, 3.63) is 131 Å². The number of halogens is 3. The summed E-state index contributed by atoms with van der Waals surface area (Å²) >= 11 is 1.13. The van der Waals surface area contributed by atoms with Gasteiger partial charge in [0.25, 0.3) is 11.8 Å². The zero-order chi connectivity index (χ0) is 30.1. The third kappa shape index (κ3) is 8.58. The summed E-state index contributed by atoms with van der Waals surface area (Å²) < 4.78 is 39.5. The Morgan fingerprint density at radius 2 is 1.50 bits per heavy atom. The van der Waals surface area contributed by atoms with Gasteiger partial charge in [0.1, 0.15) is 5.70 Å². The van der Waals surface area contributed by atoms with Crippen LogP contribution in [0.3, 0.4) is 0 Å². The van der Waals surface area contributed by atoms with Gasteiger partial charge in [0.15, 0.2) is 0 Å². The van der Waals surface area contributed by atoms with E-state index in [4.69, 9.17) is 0 Å². The molecule has 0 fully saturated rings. The zero-order valence-corrected chi connectivity index (χ0v) is 23.2. The van der Waals surface area contributed by atoms with Gasteiger partial charge in [-0.3, -0.25) is 14.4 Å². The van der Waals surface area contributed by atoms with Gasteiger partial charge in [0.05, 0.1) is 17.0 Å². The second-order valence-corrected chi connectivity index (χ2v) is 10.2. The second-order valence-electron chi connectivity index (χ2n) is 9.15. The fourth-order valence-corrected chi connectivity index (χ4v) is 4.57. The zero-order valence-electron chi connectivity index (χ0n) is 22.4. The number of para-hydroxylation sites is 1. The van der Waals surface area contributed by atoms with Crippen molar-refractivity contribution in [1.82, 2.24) is 5.32 Å². The Hall–Kier alpha value is -4.83. The van der Waals surface area contributed by atoms with Crippen LogP contribution in [0.25, 0.3) is 6.08 Å². The monoisotopic (exact) mass is 589 g/mol. The molecule has 3 N–H and O–H groups in total. The van der Waals surface area contributed by atoms with Gasteiger partial charge in [-0.15, -0.1) is 11.8 Å². The maximum Gasteiger partial charge on any atom is 0.418 e. The second kappa shape index (κ2) is 13.7. The van der Waals surface area contributed by atoms with Crippen LogP contribution < -0.4 is 16.0 Å². The first-order chi connectivity index (χ1) is 20.1. The summed E-state index contributed by atoms with van der Waals surface area (Å²) in [6.07, 6.45) is -3.00. The summed E-state index contributed by atoms with van der Waals surface area (Å²) in [5, 5.41) is 7.76. The van der Waals surface area contributed by atoms with E-state index in [1.807, 2.05) is 31.2 Å². The number of thioether (sulfide) groups is 1. The van der Waals surface area contributed by atoms with Gasteiger partial charge in [0, 0.05) is 16.1 Å². The van der Waals surface area contributed by atoms with Crippen molar-refractivity contribution in [2.45, 2.75) is 18.0 Å². The number of anilines is 2. The topological polar surface area (TPSA) is 87.3 Å². The number of carbonyl (C=O) groups is 3. The Kier molecular flexibility index (Phi) is 9.82. The van der Waals surface area contributed by atoms with E-state index < -0.39 is 29.5 Å². The largest absolute Gasteiger partial charge is 0.418 e. The number of hydrogen-bond donors (Lipinski definition) is 3. The van der Waals surface area contributed by atoms with E-state index in [0.29, 0.717) is 16.1 Å². The molecule has 0 spiro atoms. The van der Waals surface area contributed by atoms with Crippen LogP contribution in [0.15, 0.2) is 114 Å². The Balaban J connectivity index is 1.40. The maximum absolute atomic E-state index is 13.2. The third-order valence-corrected chi connectivity index (χ3v) is 6.88. The van der Waals surface area contributed by atoms with Gasteiger partial charge in [-0.1, -0.05) is 60.2 Å². The maximum atomic E-state index is 13.2. The minimum atomic E-state index is -4.59. The molecule has 4 rings (SSSR count). The molecule has 4 aromatic carbocycles. The summed E-state index contributed by atoms with van der Waals surface area (Å²) in [6.45, 7) is 1.92. The average Bonchev–Trinajstić information content (AvgIpc) is 2.96. The van der Waals surface area contributed by atoms with Crippen LogP contribution in [0.4, 0.5) is 24.5 Å². The lowest BCUT2D eigenvalue weighted by atomic mass is 10.1. The quantitative estimate of drug-likeness (QED) is 0.143. The van der Waals surface area contributed by atoms with Crippen LogP contribution >= 0.6 is 11.8 Å². The van der Waals surface area contributed by atoms with E-state index in [-0.39, 0.29) is 17.1 Å². The molecule has 0 aromatic heterocycles. The summed E-state index contributed by atoms with van der Waals surface area (Å²) in [7, 11) is 0. The summed E-state index contributed by atoms with van der Waals surface area (Å²) in [4.78, 5) is 39.0. The van der Waals surface area contributed by atoms with E-state index in [0.717, 1.165) is 29.0 Å². The lowest BCUT2D eigenvalue weighted by Crippen LogP contribution is -2.30. The first-order valence-electron chi connectivity index (χ1n) is 12.7. The van der Waals surface area contributed by atoms with Crippen LogP contribution in [0, 0.1) is 6.92 Å². The van der Waals surface area contributed by atoms with Gasteiger partial charge in [-0.05, 0) is 67.1 Å². The highest BCUT2D eigenvalue weighted by molar-refractivity contribution is 8.00. The smallest absolute Gasteiger partial charge is 0.325 e. The van der Waals surface area contributed by atoms with E-state index >= 15 is 0 Å². The van der Waals surface area contributed by atoms with E-state index in [1.54, 1.807) is 60.7 Å². The minimum Gasteiger partial charge on any atom is -0.325 e. The molecule has 0 aliphatic carbocycles. The number of alkyl halides is 3. The fraction of sp³-hybridized carbons (Fsp3) is 0.0938. The van der Waals surface area contributed by atoms with Crippen molar-refractivity contribution in [1.29, 1.82) is 0 Å². The molecule has 0 saturated carbocycles. The predicted octanol–water partition coefficient (Wildman–Crippen LogP) is 7.15. The summed E-state index contributed by atoms with van der Waals surface area (Å²) in [5.41, 5.74) is 1.39. The number of rotatable bonds is 9. The molecule has 0 unspecified atom stereocenters. The Bertz CT molecular complexity index is 1600. The fourth-order valence-electron chi connectivity index (χ4n) is 3.88. The molecule has 4 aromatic rings. The molecule has 0 saturated heterocycles. The molecule has 0 bridgehead atoms. The molecule has 0 heterocycles. The van der Waals surface area contributed by atoms with Crippen LogP contribution in [0.5, 0.6) is 0 Å². The molecule has 0 aliphatic heterocycles. The highest BCUT2D eigenvalue weighted by atomic mass is 32.2. The first kappa shape index (κ1) is 30.1. The molecule has 214 valence electrons. The van der Waals surface area contributed by atoms with Crippen molar-refractivity contribution in [2.24, 2.45) is 0 Å². The molecular formula is C32H26F3N3O3S. The third-order valence-electron chi connectivity index (χ3n) is 5.87. The van der Waals surface area contributed by atoms with Crippen molar-refractivity contribution in [2.75, 3.05) is 16.4 Å². The van der Waals surface area contributed by atoms with Crippen LogP contribution in [-0.4, -0.2) is 23.5 Å². The van der Waals surface area contributed by atoms with Gasteiger partial charge >= 0.3 is 6.18 Å². The Labute approximate surface area is 245 Å². The van der Waals surface area contributed by atoms with Crippen molar-refractivity contribution < 1.29 is 27.6 Å². The number of aryl methyl sites for hydroxylation is 1. The van der Waals surface area contributed by atoms with Crippen LogP contribution in [0.1, 0.15) is 27.0 Å². The molecule has 6 nitrogen and oxygen atoms in total. The number of carbonyl (C=O) groups excluding carboxylic acids is 3. The van der Waals surface area contributed by atoms with Crippen LogP contribution in [0.2, 0.25) is 0 Å². The van der Waals surface area contributed by atoms with Crippen molar-refractivity contribution in [3.63, 3.8) is 0 Å². The number of benzene rings is 4. The predicted molar refractivity (Wildman–Crippen MR) is 159 cm³/mol. The Morgan fingerprint density at radius 3 is 2.19 bits per heavy atom. The van der Waals surface area contributed by atoms with E-state index in [1.165, 1.54) is 18.2 Å².